The molecule has 4 nitrogen and oxygen atoms in total. The number of aliphatic hydroxyl groups excluding tert-OH is 1. The lowest BCUT2D eigenvalue weighted by Crippen LogP contribution is -2.48. The average molecular weight is 214 g/mol. The molecule has 4 heteroatoms. The first-order valence-corrected chi connectivity index (χ1v) is 5.81. The van der Waals surface area contributed by atoms with Gasteiger partial charge in [-0.3, -0.25) is 0 Å². The van der Waals surface area contributed by atoms with Gasteiger partial charge in [0, 0.05) is 6.04 Å². The Kier molecular flexibility index (Phi) is 4.88. The third kappa shape index (κ3) is 4.08. The van der Waals surface area contributed by atoms with Crippen molar-refractivity contribution in [1.29, 1.82) is 0 Å². The molecule has 1 fully saturated rings. The zero-order valence-corrected chi connectivity index (χ0v) is 9.62. The number of hydrogen-bond donors (Lipinski definition) is 3. The number of nitrogens with one attached hydrogen (secondary N) is 2. The van der Waals surface area contributed by atoms with Crippen LogP contribution in [0.4, 0.5) is 4.79 Å². The second kappa shape index (κ2) is 5.95. The van der Waals surface area contributed by atoms with E-state index in [1.54, 1.807) is 0 Å². The number of aliphatic hydroxyl groups is 1. The minimum absolute atomic E-state index is 0.00421. The third-order valence-electron chi connectivity index (χ3n) is 3.01. The largest absolute Gasteiger partial charge is 0.394 e. The van der Waals surface area contributed by atoms with E-state index in [2.05, 4.69) is 10.6 Å². The molecule has 88 valence electrons. The smallest absolute Gasteiger partial charge is 0.315 e. The summed E-state index contributed by atoms with van der Waals surface area (Å²) in [6, 6.07) is 0.0394. The van der Waals surface area contributed by atoms with Gasteiger partial charge in [0.05, 0.1) is 12.6 Å². The second-order valence-electron chi connectivity index (χ2n) is 4.63. The Bertz CT molecular complexity index is 201. The standard InChI is InChI=1S/C11H22N2O2/c1-8(2)10(7-14)13-11(15)12-9-5-3-4-6-9/h8-10,14H,3-7H2,1-2H3,(H2,12,13,15)/t10-/m1/s1. The van der Waals surface area contributed by atoms with Gasteiger partial charge in [-0.05, 0) is 18.8 Å². The quantitative estimate of drug-likeness (QED) is 0.659. The molecule has 1 aliphatic rings. The number of hydrogen-bond acceptors (Lipinski definition) is 2. The second-order valence-corrected chi connectivity index (χ2v) is 4.63. The predicted molar refractivity (Wildman–Crippen MR) is 59.6 cm³/mol. The van der Waals surface area contributed by atoms with Crippen molar-refractivity contribution in [2.75, 3.05) is 6.61 Å². The Morgan fingerprint density at radius 3 is 2.47 bits per heavy atom. The van der Waals surface area contributed by atoms with Crippen molar-refractivity contribution >= 4 is 6.03 Å². The van der Waals surface area contributed by atoms with Crippen LogP contribution in [0.15, 0.2) is 0 Å². The van der Waals surface area contributed by atoms with Gasteiger partial charge in [-0.2, -0.15) is 0 Å². The molecule has 0 aromatic rings. The van der Waals surface area contributed by atoms with Gasteiger partial charge < -0.3 is 15.7 Å². The first kappa shape index (κ1) is 12.3. The Morgan fingerprint density at radius 1 is 1.40 bits per heavy atom. The molecule has 0 unspecified atom stereocenters. The van der Waals surface area contributed by atoms with E-state index in [0.29, 0.717) is 6.04 Å². The molecule has 1 aliphatic carbocycles. The van der Waals surface area contributed by atoms with Gasteiger partial charge in [0.1, 0.15) is 0 Å². The third-order valence-corrected chi connectivity index (χ3v) is 3.01. The number of urea groups is 1. The predicted octanol–water partition coefficient (Wildman–Crippen LogP) is 1.25. The van der Waals surface area contributed by atoms with Gasteiger partial charge in [0.25, 0.3) is 0 Å². The van der Waals surface area contributed by atoms with Crippen molar-refractivity contribution in [3.63, 3.8) is 0 Å². The summed E-state index contributed by atoms with van der Waals surface area (Å²) in [6.07, 6.45) is 4.58. The van der Waals surface area contributed by atoms with Crippen LogP contribution in [0.25, 0.3) is 0 Å². The molecule has 1 atom stereocenters. The summed E-state index contributed by atoms with van der Waals surface area (Å²) in [6.45, 7) is 3.96. The molecule has 3 N–H and O–H groups in total. The summed E-state index contributed by atoms with van der Waals surface area (Å²) in [7, 11) is 0. The maximum Gasteiger partial charge on any atom is 0.315 e. The van der Waals surface area contributed by atoms with Crippen LogP contribution in [0.3, 0.4) is 0 Å². The van der Waals surface area contributed by atoms with E-state index in [1.165, 1.54) is 12.8 Å². The van der Waals surface area contributed by atoms with Crippen LogP contribution >= 0.6 is 0 Å². The lowest BCUT2D eigenvalue weighted by molar-refractivity contribution is 0.196. The van der Waals surface area contributed by atoms with E-state index in [-0.39, 0.29) is 24.6 Å². The van der Waals surface area contributed by atoms with Gasteiger partial charge in [-0.25, -0.2) is 4.79 Å². The number of rotatable bonds is 4. The van der Waals surface area contributed by atoms with E-state index in [4.69, 9.17) is 5.11 Å². The summed E-state index contributed by atoms with van der Waals surface area (Å²) in [4.78, 5) is 11.5. The SMILES string of the molecule is CC(C)[C@@H](CO)NC(=O)NC1CCCC1. The van der Waals surface area contributed by atoms with Gasteiger partial charge in [-0.15, -0.1) is 0 Å². The molecule has 0 radical (unpaired) electrons. The lowest BCUT2D eigenvalue weighted by atomic mass is 10.1. The maximum absolute atomic E-state index is 11.5. The summed E-state index contributed by atoms with van der Waals surface area (Å²) in [5.41, 5.74) is 0. The molecule has 1 saturated carbocycles. The molecule has 2 amide bonds. The summed E-state index contributed by atoms with van der Waals surface area (Å²) in [5.74, 6) is 0.254. The molecule has 0 bridgehead atoms. The van der Waals surface area contributed by atoms with Crippen LogP contribution in [-0.2, 0) is 0 Å². The van der Waals surface area contributed by atoms with E-state index in [9.17, 15) is 4.79 Å². The highest BCUT2D eigenvalue weighted by atomic mass is 16.3. The maximum atomic E-state index is 11.5. The molecule has 0 aliphatic heterocycles. The normalized spacial score (nSPS) is 19.2. The van der Waals surface area contributed by atoms with Gasteiger partial charge >= 0.3 is 6.03 Å². The summed E-state index contributed by atoms with van der Waals surface area (Å²) >= 11 is 0. The van der Waals surface area contributed by atoms with Gasteiger partial charge in [-0.1, -0.05) is 26.7 Å². The average Bonchev–Trinajstić information content (AvgIpc) is 2.66. The zero-order valence-electron chi connectivity index (χ0n) is 9.62. The fourth-order valence-electron chi connectivity index (χ4n) is 1.89. The Morgan fingerprint density at radius 2 is 2.00 bits per heavy atom. The van der Waals surface area contributed by atoms with Crippen molar-refractivity contribution in [3.05, 3.63) is 0 Å². The molecular weight excluding hydrogens is 192 g/mol. The Hall–Kier alpha value is -0.770. The fraction of sp³-hybridized carbons (Fsp3) is 0.909. The Labute approximate surface area is 91.4 Å². The minimum atomic E-state index is -0.147. The number of carbonyl (C=O) groups excluding carboxylic acids is 1. The van der Waals surface area contributed by atoms with Crippen LogP contribution in [0.5, 0.6) is 0 Å². The first-order chi connectivity index (χ1) is 7.13. The van der Waals surface area contributed by atoms with Crippen molar-refractivity contribution < 1.29 is 9.90 Å². The number of carbonyl (C=O) groups is 1. The molecule has 1 rings (SSSR count). The molecule has 0 aromatic heterocycles. The molecule has 15 heavy (non-hydrogen) atoms. The minimum Gasteiger partial charge on any atom is -0.394 e. The van der Waals surface area contributed by atoms with Crippen molar-refractivity contribution in [3.8, 4) is 0 Å². The van der Waals surface area contributed by atoms with E-state index in [1.807, 2.05) is 13.8 Å². The zero-order chi connectivity index (χ0) is 11.3. The highest BCUT2D eigenvalue weighted by Gasteiger charge is 2.19. The highest BCUT2D eigenvalue weighted by molar-refractivity contribution is 5.74. The number of amides is 2. The molecule has 0 heterocycles. The van der Waals surface area contributed by atoms with E-state index >= 15 is 0 Å². The van der Waals surface area contributed by atoms with Gasteiger partial charge in [0.15, 0.2) is 0 Å². The molecule has 0 spiro atoms. The fourth-order valence-corrected chi connectivity index (χ4v) is 1.89. The van der Waals surface area contributed by atoms with Crippen LogP contribution < -0.4 is 10.6 Å². The molecule has 0 aromatic carbocycles. The van der Waals surface area contributed by atoms with Crippen molar-refractivity contribution in [1.82, 2.24) is 10.6 Å². The molecular formula is C11H22N2O2. The van der Waals surface area contributed by atoms with Crippen LogP contribution in [-0.4, -0.2) is 29.8 Å². The van der Waals surface area contributed by atoms with Crippen LogP contribution in [0.2, 0.25) is 0 Å². The van der Waals surface area contributed by atoms with Crippen molar-refractivity contribution in [2.45, 2.75) is 51.6 Å². The van der Waals surface area contributed by atoms with E-state index < -0.39 is 0 Å². The van der Waals surface area contributed by atoms with Gasteiger partial charge in [0.2, 0.25) is 0 Å². The highest BCUT2D eigenvalue weighted by Crippen LogP contribution is 2.17. The molecule has 0 saturated heterocycles. The van der Waals surface area contributed by atoms with Crippen molar-refractivity contribution in [2.24, 2.45) is 5.92 Å². The lowest BCUT2D eigenvalue weighted by Gasteiger charge is -2.21. The first-order valence-electron chi connectivity index (χ1n) is 5.81. The monoisotopic (exact) mass is 214 g/mol. The van der Waals surface area contributed by atoms with E-state index in [0.717, 1.165) is 12.8 Å². The topological polar surface area (TPSA) is 61.4 Å². The summed E-state index contributed by atoms with van der Waals surface area (Å²) < 4.78 is 0. The van der Waals surface area contributed by atoms with Crippen LogP contribution in [0.1, 0.15) is 39.5 Å². The van der Waals surface area contributed by atoms with Crippen LogP contribution in [0, 0.1) is 5.92 Å². The summed E-state index contributed by atoms with van der Waals surface area (Å²) in [5, 5.41) is 14.8. The Balaban J connectivity index is 2.27.